The van der Waals surface area contributed by atoms with Gasteiger partial charge in [-0.25, -0.2) is 13.1 Å². The van der Waals surface area contributed by atoms with E-state index in [4.69, 9.17) is 23.3 Å². The summed E-state index contributed by atoms with van der Waals surface area (Å²) in [7, 11) is -7.81. The van der Waals surface area contributed by atoms with Crippen LogP contribution in [0.4, 0.5) is 11.4 Å². The molecular formula is C14H29N3O7S2. The zero-order valence-electron chi connectivity index (χ0n) is 15.3. The van der Waals surface area contributed by atoms with Gasteiger partial charge in [0, 0.05) is 30.5 Å². The second-order valence-corrected chi connectivity index (χ2v) is 8.33. The van der Waals surface area contributed by atoms with Crippen LogP contribution in [0.3, 0.4) is 0 Å². The third-order valence-corrected chi connectivity index (χ3v) is 4.15. The Kier molecular flexibility index (Phi) is 11.7. The number of benzene rings is 1. The zero-order chi connectivity index (χ0) is 19.8. The third-order valence-electron chi connectivity index (χ3n) is 3.42. The highest BCUT2D eigenvalue weighted by Crippen LogP contribution is 2.23. The number of nitrogens with zero attached hydrogens (tertiary/aromatic N) is 1. The fourth-order valence-electron chi connectivity index (χ4n) is 2.01. The van der Waals surface area contributed by atoms with E-state index >= 15 is 0 Å². The number of nitrogens with two attached hydrogens (primary N) is 1. The molecule has 1 atom stereocenters. The number of anilines is 2. The minimum absolute atomic E-state index is 0. The van der Waals surface area contributed by atoms with Crippen LogP contribution in [0.25, 0.3) is 0 Å². The van der Waals surface area contributed by atoms with Crippen molar-refractivity contribution in [2.24, 2.45) is 0 Å². The van der Waals surface area contributed by atoms with Crippen LogP contribution in [0.1, 0.15) is 25.8 Å². The Labute approximate surface area is 155 Å². The highest BCUT2D eigenvalue weighted by atomic mass is 32.3. The summed E-state index contributed by atoms with van der Waals surface area (Å²) in [4.78, 5) is 2.20. The lowest BCUT2D eigenvalue weighted by Crippen LogP contribution is -2.39. The van der Waals surface area contributed by atoms with E-state index < -0.39 is 20.4 Å². The van der Waals surface area contributed by atoms with Crippen LogP contribution in [0, 0.1) is 6.92 Å². The smallest absolute Gasteiger partial charge is 0.394 e. The first-order valence-corrected chi connectivity index (χ1v) is 10.8. The summed E-state index contributed by atoms with van der Waals surface area (Å²) in [5.41, 5.74) is 8.72. The first-order valence-electron chi connectivity index (χ1n) is 7.52. The molecule has 0 heterocycles. The Bertz CT molecular complexity index is 744. The van der Waals surface area contributed by atoms with Crippen LogP contribution in [0.2, 0.25) is 0 Å². The van der Waals surface area contributed by atoms with Crippen molar-refractivity contribution in [3.8, 4) is 0 Å². The summed E-state index contributed by atoms with van der Waals surface area (Å²) in [5, 5.41) is 0. The average molecular weight is 416 g/mol. The van der Waals surface area contributed by atoms with Crippen molar-refractivity contribution >= 4 is 31.8 Å². The molecule has 0 spiro atoms. The third kappa shape index (κ3) is 12.9. The van der Waals surface area contributed by atoms with Crippen LogP contribution < -0.4 is 15.4 Å². The molecule has 0 aliphatic carbocycles. The molecular weight excluding hydrogens is 386 g/mol. The maximum absolute atomic E-state index is 11.1. The average Bonchev–Trinajstić information content (AvgIpc) is 2.43. The van der Waals surface area contributed by atoms with Crippen LogP contribution >= 0.6 is 0 Å². The van der Waals surface area contributed by atoms with E-state index in [1.807, 2.05) is 25.1 Å². The van der Waals surface area contributed by atoms with E-state index in [2.05, 4.69) is 23.5 Å². The second-order valence-electron chi connectivity index (χ2n) is 5.61. The molecule has 7 N–H and O–H groups in total. The molecule has 0 aliphatic rings. The van der Waals surface area contributed by atoms with Crippen molar-refractivity contribution in [2.45, 2.75) is 33.2 Å². The highest BCUT2D eigenvalue weighted by Gasteiger charge is 2.14. The molecule has 1 rings (SSSR count). The van der Waals surface area contributed by atoms with Gasteiger partial charge in [-0.05, 0) is 44.0 Å². The first kappa shape index (κ1) is 26.8. The number of hydrogen-bond acceptors (Lipinski definition) is 6. The van der Waals surface area contributed by atoms with Gasteiger partial charge in [-0.15, -0.1) is 0 Å². The molecule has 12 heteroatoms. The molecule has 1 aromatic rings. The minimum Gasteiger partial charge on any atom is -0.412 e. The topological polar surface area (TPSA) is 182 Å². The quantitative estimate of drug-likeness (QED) is 0.361. The zero-order valence-corrected chi connectivity index (χ0v) is 16.9. The molecule has 1 aromatic carbocycles. The van der Waals surface area contributed by atoms with E-state index in [0.717, 1.165) is 23.4 Å². The van der Waals surface area contributed by atoms with Gasteiger partial charge in [0.2, 0.25) is 10.0 Å². The van der Waals surface area contributed by atoms with Gasteiger partial charge in [0.1, 0.15) is 0 Å². The lowest BCUT2D eigenvalue weighted by molar-refractivity contribution is 0.381. The SMILES string of the molecule is CCC(C)N(CCNS(C)(=O)=O)c1ccc(N)c(C)c1.O.O=S(=O)(O)O. The molecule has 1 unspecified atom stereocenters. The maximum Gasteiger partial charge on any atom is 0.394 e. The van der Waals surface area contributed by atoms with Crippen molar-refractivity contribution in [1.82, 2.24) is 4.72 Å². The number of hydrogen-bond donors (Lipinski definition) is 4. The number of nitrogen functional groups attached to an aromatic ring is 1. The lowest BCUT2D eigenvalue weighted by Gasteiger charge is -2.31. The van der Waals surface area contributed by atoms with Crippen molar-refractivity contribution in [3.05, 3.63) is 23.8 Å². The maximum atomic E-state index is 11.1. The van der Waals surface area contributed by atoms with E-state index in [9.17, 15) is 8.42 Å². The monoisotopic (exact) mass is 415 g/mol. The van der Waals surface area contributed by atoms with Gasteiger partial charge in [-0.3, -0.25) is 9.11 Å². The predicted octanol–water partition coefficient (Wildman–Crippen LogP) is 0.254. The van der Waals surface area contributed by atoms with Gasteiger partial charge in [-0.2, -0.15) is 8.42 Å². The Morgan fingerprint density at radius 1 is 1.23 bits per heavy atom. The van der Waals surface area contributed by atoms with Crippen molar-refractivity contribution in [3.63, 3.8) is 0 Å². The predicted molar refractivity (Wildman–Crippen MR) is 103 cm³/mol. The van der Waals surface area contributed by atoms with Gasteiger partial charge < -0.3 is 16.1 Å². The number of aryl methyl sites for hydroxylation is 1. The van der Waals surface area contributed by atoms with E-state index in [-0.39, 0.29) is 5.48 Å². The summed E-state index contributed by atoms with van der Waals surface area (Å²) in [6, 6.07) is 6.25. The fourth-order valence-corrected chi connectivity index (χ4v) is 2.48. The van der Waals surface area contributed by atoms with Crippen molar-refractivity contribution in [1.29, 1.82) is 0 Å². The molecule has 0 bridgehead atoms. The highest BCUT2D eigenvalue weighted by molar-refractivity contribution is 7.88. The van der Waals surface area contributed by atoms with E-state index in [0.29, 0.717) is 19.1 Å². The van der Waals surface area contributed by atoms with Gasteiger partial charge in [-0.1, -0.05) is 6.92 Å². The molecule has 0 radical (unpaired) electrons. The largest absolute Gasteiger partial charge is 0.412 e. The summed E-state index contributed by atoms with van der Waals surface area (Å²) in [5.74, 6) is 0. The molecule has 0 amide bonds. The molecule has 0 aliphatic heterocycles. The first-order chi connectivity index (χ1) is 11.2. The summed E-state index contributed by atoms with van der Waals surface area (Å²) < 4.78 is 56.4. The van der Waals surface area contributed by atoms with Gasteiger partial charge in [0.25, 0.3) is 0 Å². The number of sulfonamides is 1. The van der Waals surface area contributed by atoms with Gasteiger partial charge in [0.15, 0.2) is 0 Å². The molecule has 0 saturated carbocycles. The van der Waals surface area contributed by atoms with Crippen LogP contribution in [0.15, 0.2) is 18.2 Å². The summed E-state index contributed by atoms with van der Waals surface area (Å²) >= 11 is 0. The molecule has 0 fully saturated rings. The van der Waals surface area contributed by atoms with Crippen molar-refractivity contribution in [2.75, 3.05) is 30.0 Å². The van der Waals surface area contributed by atoms with Gasteiger partial charge >= 0.3 is 10.4 Å². The molecule has 26 heavy (non-hydrogen) atoms. The minimum atomic E-state index is -4.67. The van der Waals surface area contributed by atoms with Crippen LogP contribution in [-0.4, -0.2) is 56.8 Å². The standard InChI is InChI=1S/C14H25N3O2S.H2O4S.H2O/c1-5-12(3)17(9-8-16-20(4,18)19)13-6-7-14(15)11(2)10-13;1-5(2,3)4;/h6-7,10,12,16H,5,8-9,15H2,1-4H3;(H2,1,2,3,4);1H2. The van der Waals surface area contributed by atoms with E-state index in [1.54, 1.807) is 0 Å². The molecule has 0 aromatic heterocycles. The number of nitrogens with one attached hydrogen (secondary N) is 1. The van der Waals surface area contributed by atoms with Gasteiger partial charge in [0.05, 0.1) is 6.26 Å². The summed E-state index contributed by atoms with van der Waals surface area (Å²) in [6.45, 7) is 7.25. The van der Waals surface area contributed by atoms with E-state index in [1.165, 1.54) is 6.26 Å². The lowest BCUT2D eigenvalue weighted by atomic mass is 10.1. The fraction of sp³-hybridized carbons (Fsp3) is 0.571. The van der Waals surface area contributed by atoms with Crippen LogP contribution in [-0.2, 0) is 20.4 Å². The Hall–Kier alpha value is -1.44. The summed E-state index contributed by atoms with van der Waals surface area (Å²) in [6.07, 6.45) is 2.16. The molecule has 0 saturated heterocycles. The Balaban J connectivity index is 0. The van der Waals surface area contributed by atoms with Crippen LogP contribution in [0.5, 0.6) is 0 Å². The molecule has 154 valence electrons. The Morgan fingerprint density at radius 2 is 1.73 bits per heavy atom. The molecule has 10 nitrogen and oxygen atoms in total. The Morgan fingerprint density at radius 3 is 2.12 bits per heavy atom. The van der Waals surface area contributed by atoms with Crippen molar-refractivity contribution < 1.29 is 31.4 Å². The second kappa shape index (κ2) is 11.3. The normalized spacial score (nSPS) is 12.4. The number of rotatable bonds is 7.